The molecule has 2 aromatic carbocycles. The monoisotopic (exact) mass is 444 g/mol. The van der Waals surface area contributed by atoms with E-state index in [2.05, 4.69) is 26.6 Å². The van der Waals surface area contributed by atoms with Gasteiger partial charge >= 0.3 is 5.97 Å². The van der Waals surface area contributed by atoms with E-state index < -0.39 is 5.97 Å². The van der Waals surface area contributed by atoms with Crippen LogP contribution in [0, 0.1) is 0 Å². The molecule has 0 saturated carbocycles. The third-order valence-electron chi connectivity index (χ3n) is 5.44. The maximum absolute atomic E-state index is 11.6. The molecule has 2 aromatic heterocycles. The zero-order valence-electron chi connectivity index (χ0n) is 17.3. The summed E-state index contributed by atoms with van der Waals surface area (Å²) in [5.41, 5.74) is 8.62. The van der Waals surface area contributed by atoms with Gasteiger partial charge in [-0.2, -0.15) is 5.10 Å². The van der Waals surface area contributed by atoms with Crippen LogP contribution in [0.15, 0.2) is 59.7 Å². The summed E-state index contributed by atoms with van der Waals surface area (Å²) in [5.74, 6) is -0.884. The Kier molecular flexibility index (Phi) is 5.28. The van der Waals surface area contributed by atoms with Gasteiger partial charge in [-0.05, 0) is 55.2 Å². The minimum absolute atomic E-state index is 0.103. The molecule has 0 fully saturated rings. The highest BCUT2D eigenvalue weighted by Gasteiger charge is 2.19. The van der Waals surface area contributed by atoms with Crippen molar-refractivity contribution in [2.24, 2.45) is 5.10 Å². The van der Waals surface area contributed by atoms with Crippen LogP contribution in [0.3, 0.4) is 0 Å². The Bertz CT molecular complexity index is 1330. The highest BCUT2D eigenvalue weighted by atomic mass is 32.1. The molecule has 0 saturated heterocycles. The van der Waals surface area contributed by atoms with Crippen molar-refractivity contribution in [1.29, 1.82) is 0 Å². The maximum atomic E-state index is 11.6. The number of hydrogen-bond donors (Lipinski definition) is 2. The number of para-hydroxylation sites is 1. The first-order chi connectivity index (χ1) is 15.6. The minimum Gasteiger partial charge on any atom is -0.494 e. The van der Waals surface area contributed by atoms with Crippen LogP contribution in [0.25, 0.3) is 21.5 Å². The standard InChI is InChI=1S/C24H20N4O3S/c1-31-20-12-11-17(25-22(20)23(29)30)15-10-9-14-5-4-7-18(16(14)13-15)27-28-24-26-19-6-2-3-8-21(19)32-24/h2-3,6,8-13H,4-5,7H2,1H3,(H,26,28)(H,29,30)/b27-18+. The molecule has 4 aromatic rings. The molecule has 0 amide bonds. The Hall–Kier alpha value is -3.78. The lowest BCUT2D eigenvalue weighted by molar-refractivity contribution is 0.0686. The Balaban J connectivity index is 1.49. The molecule has 32 heavy (non-hydrogen) atoms. The SMILES string of the molecule is COc1ccc(-c2ccc3c(c2)/C(=N/Nc2nc4ccccc4s2)CCC3)nc1C(=O)O. The topological polar surface area (TPSA) is 96.7 Å². The van der Waals surface area contributed by atoms with E-state index >= 15 is 0 Å². The Morgan fingerprint density at radius 2 is 2.00 bits per heavy atom. The molecule has 0 unspecified atom stereocenters. The largest absolute Gasteiger partial charge is 0.494 e. The van der Waals surface area contributed by atoms with Crippen LogP contribution < -0.4 is 10.2 Å². The second kappa shape index (κ2) is 8.39. The lowest BCUT2D eigenvalue weighted by Gasteiger charge is -2.19. The normalized spacial score (nSPS) is 14.3. The number of pyridine rings is 1. The van der Waals surface area contributed by atoms with Crippen molar-refractivity contribution in [2.45, 2.75) is 19.3 Å². The predicted octanol–water partition coefficient (Wildman–Crippen LogP) is 5.22. The summed E-state index contributed by atoms with van der Waals surface area (Å²) in [7, 11) is 1.43. The van der Waals surface area contributed by atoms with Gasteiger partial charge in [0.05, 0.1) is 28.7 Å². The van der Waals surface area contributed by atoms with E-state index in [-0.39, 0.29) is 11.4 Å². The number of aromatic carboxylic acids is 1. The molecule has 0 aliphatic heterocycles. The smallest absolute Gasteiger partial charge is 0.358 e. The van der Waals surface area contributed by atoms with Gasteiger partial charge in [-0.25, -0.2) is 14.8 Å². The molecule has 5 rings (SSSR count). The molecule has 2 heterocycles. The number of carboxylic acids is 1. The van der Waals surface area contributed by atoms with Gasteiger partial charge in [-0.15, -0.1) is 0 Å². The third-order valence-corrected chi connectivity index (χ3v) is 6.38. The number of fused-ring (bicyclic) bond motifs is 2. The molecule has 0 spiro atoms. The Morgan fingerprint density at radius 3 is 2.81 bits per heavy atom. The fourth-order valence-electron chi connectivity index (χ4n) is 3.88. The van der Waals surface area contributed by atoms with Crippen molar-refractivity contribution < 1.29 is 14.6 Å². The average Bonchev–Trinajstić information content (AvgIpc) is 3.25. The number of hydrogen-bond acceptors (Lipinski definition) is 7. The molecule has 2 N–H and O–H groups in total. The maximum Gasteiger partial charge on any atom is 0.358 e. The highest BCUT2D eigenvalue weighted by Crippen LogP contribution is 2.30. The second-order valence-corrected chi connectivity index (χ2v) is 8.47. The van der Waals surface area contributed by atoms with Crippen LogP contribution in [-0.2, 0) is 6.42 Å². The lowest BCUT2D eigenvalue weighted by Crippen LogP contribution is -2.14. The number of aromatic nitrogens is 2. The second-order valence-electron chi connectivity index (χ2n) is 7.44. The molecule has 160 valence electrons. The molecule has 7 nitrogen and oxygen atoms in total. The number of thiazole rings is 1. The third kappa shape index (κ3) is 3.80. The van der Waals surface area contributed by atoms with E-state index in [4.69, 9.17) is 4.74 Å². The summed E-state index contributed by atoms with van der Waals surface area (Å²) in [6.07, 6.45) is 2.85. The lowest BCUT2D eigenvalue weighted by atomic mass is 9.88. The van der Waals surface area contributed by atoms with Crippen molar-refractivity contribution in [1.82, 2.24) is 9.97 Å². The van der Waals surface area contributed by atoms with Gasteiger partial charge < -0.3 is 9.84 Å². The summed E-state index contributed by atoms with van der Waals surface area (Å²) in [4.78, 5) is 20.5. The fraction of sp³-hybridized carbons (Fsp3) is 0.167. The van der Waals surface area contributed by atoms with Crippen LogP contribution in [0.2, 0.25) is 0 Å². The molecule has 1 aliphatic rings. The van der Waals surface area contributed by atoms with Crippen molar-refractivity contribution in [2.75, 3.05) is 12.5 Å². The van der Waals surface area contributed by atoms with Gasteiger partial charge in [0.2, 0.25) is 5.13 Å². The molecule has 8 heteroatoms. The number of benzene rings is 2. The number of methoxy groups -OCH3 is 1. The van der Waals surface area contributed by atoms with E-state index in [1.54, 1.807) is 23.5 Å². The molecule has 0 bridgehead atoms. The summed E-state index contributed by atoms with van der Waals surface area (Å²) in [5, 5.41) is 14.9. The van der Waals surface area contributed by atoms with E-state index in [0.717, 1.165) is 51.4 Å². The first kappa shape index (κ1) is 20.1. The highest BCUT2D eigenvalue weighted by molar-refractivity contribution is 7.22. The van der Waals surface area contributed by atoms with Crippen LogP contribution in [0.4, 0.5) is 5.13 Å². The fourth-order valence-corrected chi connectivity index (χ4v) is 4.69. The summed E-state index contributed by atoms with van der Waals surface area (Å²) in [6.45, 7) is 0. The Labute approximate surface area is 188 Å². The molecular weight excluding hydrogens is 424 g/mol. The van der Waals surface area contributed by atoms with E-state index in [1.807, 2.05) is 36.4 Å². The van der Waals surface area contributed by atoms with Gasteiger partial charge in [0.15, 0.2) is 11.4 Å². The van der Waals surface area contributed by atoms with Gasteiger partial charge in [0, 0.05) is 11.1 Å². The molecular formula is C24H20N4O3S. The molecule has 1 aliphatic carbocycles. The number of nitrogens with one attached hydrogen (secondary N) is 1. The van der Waals surface area contributed by atoms with E-state index in [0.29, 0.717) is 5.69 Å². The summed E-state index contributed by atoms with van der Waals surface area (Å²) < 4.78 is 6.24. The molecule has 0 radical (unpaired) electrons. The number of rotatable bonds is 5. The van der Waals surface area contributed by atoms with Crippen molar-refractivity contribution in [3.05, 3.63) is 71.4 Å². The first-order valence-electron chi connectivity index (χ1n) is 10.2. The number of carbonyl (C=O) groups is 1. The van der Waals surface area contributed by atoms with Crippen molar-refractivity contribution >= 4 is 38.4 Å². The quantitative estimate of drug-likeness (QED) is 0.410. The van der Waals surface area contributed by atoms with Crippen LogP contribution in [0.1, 0.15) is 34.5 Å². The summed E-state index contributed by atoms with van der Waals surface area (Å²) >= 11 is 1.57. The number of aryl methyl sites for hydroxylation is 1. The van der Waals surface area contributed by atoms with E-state index in [1.165, 1.54) is 12.7 Å². The average molecular weight is 445 g/mol. The number of ether oxygens (including phenoxy) is 1. The van der Waals surface area contributed by atoms with Crippen molar-refractivity contribution in [3.8, 4) is 17.0 Å². The van der Waals surface area contributed by atoms with Crippen LogP contribution in [0.5, 0.6) is 5.75 Å². The van der Waals surface area contributed by atoms with Crippen LogP contribution >= 0.6 is 11.3 Å². The van der Waals surface area contributed by atoms with Gasteiger partial charge in [-0.3, -0.25) is 5.43 Å². The number of anilines is 1. The van der Waals surface area contributed by atoms with Gasteiger partial charge in [0.25, 0.3) is 0 Å². The van der Waals surface area contributed by atoms with Gasteiger partial charge in [0.1, 0.15) is 0 Å². The van der Waals surface area contributed by atoms with Crippen LogP contribution in [-0.4, -0.2) is 33.9 Å². The van der Waals surface area contributed by atoms with E-state index in [9.17, 15) is 9.90 Å². The van der Waals surface area contributed by atoms with Gasteiger partial charge in [-0.1, -0.05) is 35.6 Å². The summed E-state index contributed by atoms with van der Waals surface area (Å²) in [6, 6.07) is 17.5. The number of carboxylic acid groups (broad SMARTS) is 1. The number of nitrogens with zero attached hydrogens (tertiary/aromatic N) is 3. The zero-order chi connectivity index (χ0) is 22.1. The molecule has 0 atom stereocenters. The zero-order valence-corrected chi connectivity index (χ0v) is 18.1. The first-order valence-corrected chi connectivity index (χ1v) is 11.0. The van der Waals surface area contributed by atoms with Crippen molar-refractivity contribution in [3.63, 3.8) is 0 Å². The predicted molar refractivity (Wildman–Crippen MR) is 126 cm³/mol. The minimum atomic E-state index is -1.12. The number of hydrazone groups is 1. The Morgan fingerprint density at radius 1 is 1.12 bits per heavy atom.